The second-order valence-electron chi connectivity index (χ2n) is 3.26. The minimum atomic E-state index is -1.08. The molecule has 88 valence electrons. The van der Waals surface area contributed by atoms with Crippen molar-refractivity contribution in [3.63, 3.8) is 0 Å². The number of aromatic carboxylic acids is 1. The van der Waals surface area contributed by atoms with Crippen LogP contribution in [-0.4, -0.2) is 40.5 Å². The second-order valence-corrected chi connectivity index (χ2v) is 3.26. The molecule has 0 fully saturated rings. The predicted octanol–water partition coefficient (Wildman–Crippen LogP) is 1.01. The van der Waals surface area contributed by atoms with Crippen LogP contribution in [0, 0.1) is 0 Å². The summed E-state index contributed by atoms with van der Waals surface area (Å²) in [4.78, 5) is 10.5. The van der Waals surface area contributed by atoms with E-state index >= 15 is 0 Å². The summed E-state index contributed by atoms with van der Waals surface area (Å²) < 4.78 is 5.32. The molecule has 16 heavy (non-hydrogen) atoms. The number of carboxylic acid groups (broad SMARTS) is 1. The summed E-state index contributed by atoms with van der Waals surface area (Å²) >= 11 is 0. The fraction of sp³-hybridized carbons (Fsp3) is 0.500. The number of nitrogens with one attached hydrogen (secondary N) is 1. The highest BCUT2D eigenvalue weighted by atomic mass is 16.5. The van der Waals surface area contributed by atoms with Crippen molar-refractivity contribution < 1.29 is 14.6 Å². The van der Waals surface area contributed by atoms with Crippen LogP contribution >= 0.6 is 0 Å². The number of anilines is 1. The Morgan fingerprint density at radius 3 is 2.81 bits per heavy atom. The summed E-state index contributed by atoms with van der Waals surface area (Å²) in [5.41, 5.74) is -0.0663. The molecule has 0 aliphatic carbocycles. The highest BCUT2D eigenvalue weighted by molar-refractivity contribution is 5.85. The molecule has 0 aliphatic rings. The molecule has 6 nitrogen and oxygen atoms in total. The van der Waals surface area contributed by atoms with Crippen molar-refractivity contribution in [3.05, 3.63) is 17.8 Å². The van der Waals surface area contributed by atoms with Gasteiger partial charge in [0, 0.05) is 13.2 Å². The third-order valence-electron chi connectivity index (χ3n) is 1.91. The van der Waals surface area contributed by atoms with Crippen molar-refractivity contribution >= 4 is 11.8 Å². The Bertz CT molecular complexity index is 340. The average molecular weight is 225 g/mol. The van der Waals surface area contributed by atoms with E-state index in [4.69, 9.17) is 9.84 Å². The van der Waals surface area contributed by atoms with E-state index in [1.54, 1.807) is 6.07 Å². The lowest BCUT2D eigenvalue weighted by molar-refractivity contribution is 0.0689. The van der Waals surface area contributed by atoms with Crippen LogP contribution in [0.2, 0.25) is 0 Å². The maximum absolute atomic E-state index is 10.5. The number of aromatic nitrogens is 2. The summed E-state index contributed by atoms with van der Waals surface area (Å²) in [6.45, 7) is 5.13. The Kier molecular flexibility index (Phi) is 4.65. The van der Waals surface area contributed by atoms with Gasteiger partial charge in [-0.25, -0.2) is 4.79 Å². The number of carbonyl (C=O) groups is 1. The van der Waals surface area contributed by atoms with Gasteiger partial charge >= 0.3 is 5.97 Å². The number of hydrogen-bond donors (Lipinski definition) is 2. The monoisotopic (exact) mass is 225 g/mol. The van der Waals surface area contributed by atoms with E-state index < -0.39 is 5.97 Å². The zero-order chi connectivity index (χ0) is 12.0. The fourth-order valence-corrected chi connectivity index (χ4v) is 1.13. The van der Waals surface area contributed by atoms with Crippen LogP contribution in [0.1, 0.15) is 24.3 Å². The Labute approximate surface area is 93.6 Å². The number of hydrogen-bond acceptors (Lipinski definition) is 5. The van der Waals surface area contributed by atoms with Gasteiger partial charge in [0.05, 0.1) is 6.10 Å². The Balaban J connectivity index is 2.46. The van der Waals surface area contributed by atoms with Crippen molar-refractivity contribution in [2.24, 2.45) is 0 Å². The first-order chi connectivity index (χ1) is 7.63. The van der Waals surface area contributed by atoms with Crippen LogP contribution in [0.15, 0.2) is 12.1 Å². The summed E-state index contributed by atoms with van der Waals surface area (Å²) in [7, 11) is 0. The lowest BCUT2D eigenvalue weighted by Crippen LogP contribution is -2.20. The third-order valence-corrected chi connectivity index (χ3v) is 1.91. The minimum absolute atomic E-state index is 0.0663. The summed E-state index contributed by atoms with van der Waals surface area (Å²) in [5, 5.41) is 18.9. The third kappa shape index (κ3) is 3.82. The molecule has 6 heteroatoms. The van der Waals surface area contributed by atoms with Gasteiger partial charge in [0.2, 0.25) is 0 Å². The lowest BCUT2D eigenvalue weighted by atomic mass is 10.3. The van der Waals surface area contributed by atoms with E-state index in [1.807, 2.05) is 13.8 Å². The molecule has 0 saturated carbocycles. The highest BCUT2D eigenvalue weighted by Gasteiger charge is 2.05. The van der Waals surface area contributed by atoms with E-state index in [0.29, 0.717) is 19.0 Å². The van der Waals surface area contributed by atoms with Crippen LogP contribution in [0.3, 0.4) is 0 Å². The molecule has 2 N–H and O–H groups in total. The van der Waals surface area contributed by atoms with Crippen LogP contribution < -0.4 is 5.32 Å². The first kappa shape index (κ1) is 12.4. The molecule has 0 aliphatic heterocycles. The topological polar surface area (TPSA) is 84.3 Å². The van der Waals surface area contributed by atoms with Gasteiger partial charge < -0.3 is 15.2 Å². The molecular formula is C10H15N3O3. The van der Waals surface area contributed by atoms with Crippen molar-refractivity contribution in [2.45, 2.75) is 20.0 Å². The second kappa shape index (κ2) is 6.02. The normalized spacial score (nSPS) is 12.1. The summed E-state index contributed by atoms with van der Waals surface area (Å²) in [5.74, 6) is -0.543. The molecule has 1 atom stereocenters. The van der Waals surface area contributed by atoms with Gasteiger partial charge in [0.1, 0.15) is 5.82 Å². The van der Waals surface area contributed by atoms with Crippen LogP contribution in [0.5, 0.6) is 0 Å². The van der Waals surface area contributed by atoms with Crippen molar-refractivity contribution in [1.82, 2.24) is 10.2 Å². The van der Waals surface area contributed by atoms with Crippen LogP contribution in [-0.2, 0) is 4.74 Å². The van der Waals surface area contributed by atoms with Gasteiger partial charge in [0.15, 0.2) is 5.69 Å². The Morgan fingerprint density at radius 1 is 1.56 bits per heavy atom. The van der Waals surface area contributed by atoms with E-state index in [9.17, 15) is 4.79 Å². The van der Waals surface area contributed by atoms with E-state index in [2.05, 4.69) is 15.5 Å². The molecular weight excluding hydrogens is 210 g/mol. The predicted molar refractivity (Wildman–Crippen MR) is 58.6 cm³/mol. The van der Waals surface area contributed by atoms with E-state index in [-0.39, 0.29) is 11.8 Å². The number of carboxylic acids is 1. The Hall–Kier alpha value is -1.69. The first-order valence-electron chi connectivity index (χ1n) is 5.06. The molecule has 1 rings (SSSR count). The van der Waals surface area contributed by atoms with Crippen LogP contribution in [0.25, 0.3) is 0 Å². The molecule has 0 spiro atoms. The molecule has 1 heterocycles. The van der Waals surface area contributed by atoms with E-state index in [0.717, 1.165) is 0 Å². The lowest BCUT2D eigenvalue weighted by Gasteiger charge is -2.12. The van der Waals surface area contributed by atoms with Gasteiger partial charge in [-0.2, -0.15) is 0 Å². The first-order valence-corrected chi connectivity index (χ1v) is 5.06. The molecule has 0 amide bonds. The van der Waals surface area contributed by atoms with Gasteiger partial charge in [0.25, 0.3) is 0 Å². The van der Waals surface area contributed by atoms with Gasteiger partial charge in [-0.3, -0.25) is 0 Å². The maximum atomic E-state index is 10.5. The van der Waals surface area contributed by atoms with Crippen LogP contribution in [0.4, 0.5) is 5.82 Å². The summed E-state index contributed by atoms with van der Waals surface area (Å²) in [6.07, 6.45) is 0.0750. The molecule has 1 aromatic heterocycles. The van der Waals surface area contributed by atoms with Gasteiger partial charge in [-0.1, -0.05) is 0 Å². The van der Waals surface area contributed by atoms with E-state index in [1.165, 1.54) is 6.07 Å². The molecule has 0 aromatic carbocycles. The molecule has 1 aromatic rings. The quantitative estimate of drug-likeness (QED) is 0.751. The number of nitrogens with zero attached hydrogens (tertiary/aromatic N) is 2. The standard InChI is InChI=1S/C10H15N3O3/c1-3-16-7(2)6-11-9-5-4-8(10(14)15)12-13-9/h4-5,7H,3,6H2,1-2H3,(H,11,13)(H,14,15). The molecule has 0 bridgehead atoms. The van der Waals surface area contributed by atoms with Crippen molar-refractivity contribution in [2.75, 3.05) is 18.5 Å². The smallest absolute Gasteiger partial charge is 0.356 e. The number of ether oxygens (including phenoxy) is 1. The largest absolute Gasteiger partial charge is 0.476 e. The SMILES string of the molecule is CCOC(C)CNc1ccc(C(=O)O)nn1. The zero-order valence-electron chi connectivity index (χ0n) is 9.30. The molecule has 0 saturated heterocycles. The number of rotatable bonds is 6. The Morgan fingerprint density at radius 2 is 2.31 bits per heavy atom. The van der Waals surface area contributed by atoms with Crippen molar-refractivity contribution in [3.8, 4) is 0 Å². The average Bonchev–Trinajstić information content (AvgIpc) is 2.27. The molecule has 0 radical (unpaired) electrons. The fourth-order valence-electron chi connectivity index (χ4n) is 1.13. The minimum Gasteiger partial charge on any atom is -0.476 e. The maximum Gasteiger partial charge on any atom is 0.356 e. The van der Waals surface area contributed by atoms with Gasteiger partial charge in [-0.15, -0.1) is 10.2 Å². The summed E-state index contributed by atoms with van der Waals surface area (Å²) in [6, 6.07) is 2.98. The molecule has 1 unspecified atom stereocenters. The zero-order valence-corrected chi connectivity index (χ0v) is 9.30. The van der Waals surface area contributed by atoms with Crippen molar-refractivity contribution in [1.29, 1.82) is 0 Å². The highest BCUT2D eigenvalue weighted by Crippen LogP contribution is 2.02. The van der Waals surface area contributed by atoms with Gasteiger partial charge in [-0.05, 0) is 26.0 Å².